The van der Waals surface area contributed by atoms with Gasteiger partial charge in [-0.1, -0.05) is 54.6 Å². The van der Waals surface area contributed by atoms with E-state index in [1.165, 1.54) is 0 Å². The number of alkyl halides is 1. The molecule has 0 radical (unpaired) electrons. The first kappa shape index (κ1) is 11.3. The fourth-order valence-corrected chi connectivity index (χ4v) is 3.69. The molecule has 0 bridgehead atoms. The number of aromatic nitrogens is 1. The minimum Gasteiger partial charge on any atom is -0.441 e. The fraction of sp³-hybridized carbons (Fsp3) is 0.357. The summed E-state index contributed by atoms with van der Waals surface area (Å²) in [5, 5.41) is 0. The molecule has 0 N–H and O–H groups in total. The van der Waals surface area contributed by atoms with Crippen LogP contribution in [0, 0.1) is 5.41 Å². The highest BCUT2D eigenvalue weighted by Crippen LogP contribution is 2.63. The molecule has 17 heavy (non-hydrogen) atoms. The van der Waals surface area contributed by atoms with Crippen molar-refractivity contribution in [3.63, 3.8) is 0 Å². The second-order valence-corrected chi connectivity index (χ2v) is 6.48. The van der Waals surface area contributed by atoms with Gasteiger partial charge in [0.1, 0.15) is 5.76 Å². The maximum atomic E-state index is 5.88. The van der Waals surface area contributed by atoms with Gasteiger partial charge in [0, 0.05) is 15.4 Å². The summed E-state index contributed by atoms with van der Waals surface area (Å²) in [6.45, 7) is 4.55. The smallest absolute Gasteiger partial charge is 0.226 e. The van der Waals surface area contributed by atoms with Gasteiger partial charge < -0.3 is 4.42 Å². The van der Waals surface area contributed by atoms with Crippen molar-refractivity contribution in [3.8, 4) is 11.5 Å². The Morgan fingerprint density at radius 1 is 1.24 bits per heavy atom. The molecule has 2 aromatic rings. The number of hydrogen-bond donors (Lipinski definition) is 0. The summed E-state index contributed by atoms with van der Waals surface area (Å²) >= 11 is 2.50. The van der Waals surface area contributed by atoms with E-state index in [4.69, 9.17) is 4.42 Å². The van der Waals surface area contributed by atoms with Crippen molar-refractivity contribution >= 4 is 22.6 Å². The number of halogens is 1. The van der Waals surface area contributed by atoms with Gasteiger partial charge >= 0.3 is 0 Å². The maximum absolute atomic E-state index is 5.88. The highest BCUT2D eigenvalue weighted by molar-refractivity contribution is 14.1. The van der Waals surface area contributed by atoms with E-state index in [-0.39, 0.29) is 0 Å². The number of oxazole rings is 1. The highest BCUT2D eigenvalue weighted by Gasteiger charge is 2.58. The van der Waals surface area contributed by atoms with Gasteiger partial charge in [-0.05, 0) is 17.5 Å². The molecule has 1 saturated carbocycles. The van der Waals surface area contributed by atoms with E-state index >= 15 is 0 Å². The van der Waals surface area contributed by atoms with E-state index in [0.717, 1.165) is 17.2 Å². The van der Waals surface area contributed by atoms with Crippen LogP contribution in [0.4, 0.5) is 0 Å². The lowest BCUT2D eigenvalue weighted by Crippen LogP contribution is -1.88. The zero-order valence-corrected chi connectivity index (χ0v) is 12.0. The zero-order valence-electron chi connectivity index (χ0n) is 9.85. The molecule has 2 atom stereocenters. The Bertz CT molecular complexity index is 532. The van der Waals surface area contributed by atoms with Crippen molar-refractivity contribution in [1.82, 2.24) is 4.98 Å². The Hall–Kier alpha value is -0.840. The Labute approximate surface area is 115 Å². The summed E-state index contributed by atoms with van der Waals surface area (Å²) in [5.41, 5.74) is 1.39. The van der Waals surface area contributed by atoms with Gasteiger partial charge in [-0.15, -0.1) is 0 Å². The molecule has 0 unspecified atom stereocenters. The Morgan fingerprint density at radius 3 is 2.47 bits per heavy atom. The van der Waals surface area contributed by atoms with Crippen molar-refractivity contribution in [3.05, 3.63) is 42.3 Å². The molecule has 1 heterocycles. The minimum atomic E-state index is 0.341. The lowest BCUT2D eigenvalue weighted by molar-refractivity contribution is 0.489. The van der Waals surface area contributed by atoms with E-state index in [1.807, 2.05) is 36.5 Å². The number of rotatable bonds is 2. The first-order chi connectivity index (χ1) is 8.10. The quantitative estimate of drug-likeness (QED) is 0.603. The van der Waals surface area contributed by atoms with Crippen LogP contribution in [0.1, 0.15) is 25.5 Å². The van der Waals surface area contributed by atoms with Gasteiger partial charge in [0.05, 0.1) is 6.20 Å². The Kier molecular flexibility index (Phi) is 2.54. The van der Waals surface area contributed by atoms with Gasteiger partial charge in [0.25, 0.3) is 0 Å². The molecular weight excluding hydrogens is 325 g/mol. The summed E-state index contributed by atoms with van der Waals surface area (Å²) in [4.78, 5) is 4.38. The summed E-state index contributed by atoms with van der Waals surface area (Å²) < 4.78 is 6.53. The van der Waals surface area contributed by atoms with Crippen LogP contribution in [0.2, 0.25) is 0 Å². The first-order valence-corrected chi connectivity index (χ1v) is 7.00. The van der Waals surface area contributed by atoms with Crippen molar-refractivity contribution in [2.24, 2.45) is 5.41 Å². The number of nitrogens with zero attached hydrogens (tertiary/aromatic N) is 1. The zero-order chi connectivity index (χ0) is 12.0. The summed E-state index contributed by atoms with van der Waals surface area (Å²) in [6.07, 6.45) is 1.88. The predicted octanol–water partition coefficient (Wildman–Crippen LogP) is 4.27. The summed E-state index contributed by atoms with van der Waals surface area (Å²) in [5.74, 6) is 2.26. The van der Waals surface area contributed by atoms with Gasteiger partial charge in [0.15, 0.2) is 0 Å². The molecular formula is C14H14INO. The molecule has 3 rings (SSSR count). The molecule has 1 aromatic heterocycles. The third-order valence-corrected chi connectivity index (χ3v) is 5.87. The molecule has 1 aliphatic rings. The molecule has 0 amide bonds. The van der Waals surface area contributed by atoms with E-state index < -0.39 is 0 Å². The van der Waals surface area contributed by atoms with Crippen molar-refractivity contribution in [2.75, 3.05) is 0 Å². The van der Waals surface area contributed by atoms with Crippen molar-refractivity contribution in [1.29, 1.82) is 0 Å². The molecule has 1 fully saturated rings. The Morgan fingerprint density at radius 2 is 1.88 bits per heavy atom. The van der Waals surface area contributed by atoms with Gasteiger partial charge in [0.2, 0.25) is 5.89 Å². The normalized spacial score (nSPS) is 25.8. The minimum absolute atomic E-state index is 0.341. The summed E-state index contributed by atoms with van der Waals surface area (Å²) in [7, 11) is 0. The fourth-order valence-electron chi connectivity index (χ4n) is 2.23. The monoisotopic (exact) mass is 339 g/mol. The van der Waals surface area contributed by atoms with Crippen LogP contribution >= 0.6 is 22.6 Å². The molecule has 88 valence electrons. The molecule has 0 saturated heterocycles. The first-order valence-electron chi connectivity index (χ1n) is 5.76. The van der Waals surface area contributed by atoms with Gasteiger partial charge in [-0.2, -0.15) is 0 Å². The Balaban J connectivity index is 1.90. The molecule has 1 aliphatic carbocycles. The number of benzene rings is 1. The van der Waals surface area contributed by atoms with E-state index in [1.54, 1.807) is 0 Å². The van der Waals surface area contributed by atoms with Crippen molar-refractivity contribution < 1.29 is 4.42 Å². The molecule has 0 spiro atoms. The highest BCUT2D eigenvalue weighted by atomic mass is 127. The average Bonchev–Trinajstić information content (AvgIpc) is 2.72. The van der Waals surface area contributed by atoms with Gasteiger partial charge in [-0.25, -0.2) is 4.98 Å². The topological polar surface area (TPSA) is 26.0 Å². The van der Waals surface area contributed by atoms with E-state index in [0.29, 0.717) is 15.3 Å². The third-order valence-electron chi connectivity index (χ3n) is 3.55. The second-order valence-electron chi connectivity index (χ2n) is 5.13. The van der Waals surface area contributed by atoms with Crippen LogP contribution in [-0.2, 0) is 0 Å². The van der Waals surface area contributed by atoms with Crippen LogP contribution in [0.25, 0.3) is 11.5 Å². The third kappa shape index (κ3) is 1.80. The lowest BCUT2D eigenvalue weighted by Gasteiger charge is -1.98. The van der Waals surface area contributed by atoms with Gasteiger partial charge in [-0.3, -0.25) is 0 Å². The average molecular weight is 339 g/mol. The van der Waals surface area contributed by atoms with Crippen LogP contribution in [0.3, 0.4) is 0 Å². The lowest BCUT2D eigenvalue weighted by atomic mass is 10.1. The molecule has 0 aliphatic heterocycles. The standard InChI is InChI=1S/C14H14INO/c1-14(2)11(12(14)15)10-8-16-13(17-10)9-6-4-3-5-7-9/h3-8,11-12H,1-2H3/t11-,12-/m0/s1. The van der Waals surface area contributed by atoms with Crippen LogP contribution in [0.5, 0.6) is 0 Å². The SMILES string of the molecule is CC1(C)[C@@H](I)[C@@H]1c1cnc(-c2ccccc2)o1. The van der Waals surface area contributed by atoms with E-state index in [9.17, 15) is 0 Å². The van der Waals surface area contributed by atoms with Crippen LogP contribution in [-0.4, -0.2) is 8.91 Å². The van der Waals surface area contributed by atoms with Crippen LogP contribution < -0.4 is 0 Å². The number of hydrogen-bond acceptors (Lipinski definition) is 2. The molecule has 3 heteroatoms. The second kappa shape index (κ2) is 3.83. The predicted molar refractivity (Wildman–Crippen MR) is 76.3 cm³/mol. The van der Waals surface area contributed by atoms with Crippen LogP contribution in [0.15, 0.2) is 40.9 Å². The largest absolute Gasteiger partial charge is 0.441 e. The molecule has 2 nitrogen and oxygen atoms in total. The summed E-state index contributed by atoms with van der Waals surface area (Å²) in [6, 6.07) is 10.0. The molecule has 1 aromatic carbocycles. The van der Waals surface area contributed by atoms with Crippen molar-refractivity contribution in [2.45, 2.75) is 23.7 Å². The van der Waals surface area contributed by atoms with E-state index in [2.05, 4.69) is 41.4 Å². The maximum Gasteiger partial charge on any atom is 0.226 e.